The van der Waals surface area contributed by atoms with E-state index in [1.165, 1.54) is 11.8 Å². The Kier molecular flexibility index (Phi) is 4.84. The Morgan fingerprint density at radius 1 is 0.774 bits per heavy atom. The van der Waals surface area contributed by atoms with Crippen molar-refractivity contribution >= 4 is 45.8 Å². The number of carbonyl (C=O) groups is 3. The van der Waals surface area contributed by atoms with Gasteiger partial charge in [0.05, 0.1) is 27.5 Å². The van der Waals surface area contributed by atoms with Gasteiger partial charge in [0.1, 0.15) is 0 Å². The fourth-order valence-electron chi connectivity index (χ4n) is 3.70. The molecule has 0 spiro atoms. The number of ketones is 2. The Morgan fingerprint density at radius 2 is 1.48 bits per heavy atom. The molecule has 1 aromatic heterocycles. The number of para-hydroxylation sites is 1. The molecule has 5 nitrogen and oxygen atoms in total. The molecule has 0 fully saturated rings. The Hall–Kier alpha value is -3.77. The van der Waals surface area contributed by atoms with Crippen LogP contribution in [0, 0.1) is 0 Å². The molecule has 1 N–H and O–H groups in total. The van der Waals surface area contributed by atoms with Crippen molar-refractivity contribution in [3.8, 4) is 0 Å². The fraction of sp³-hybridized carbons (Fsp3) is 0.0400. The van der Waals surface area contributed by atoms with Crippen LogP contribution in [-0.4, -0.2) is 28.2 Å². The summed E-state index contributed by atoms with van der Waals surface area (Å²) in [6, 6.07) is 23.3. The number of rotatable bonds is 4. The number of anilines is 1. The molecule has 6 heteroatoms. The second kappa shape index (κ2) is 7.81. The van der Waals surface area contributed by atoms with Gasteiger partial charge < -0.3 is 5.32 Å². The number of nitrogens with one attached hydrogen (secondary N) is 1. The van der Waals surface area contributed by atoms with Crippen LogP contribution in [0.3, 0.4) is 0 Å². The van der Waals surface area contributed by atoms with E-state index in [1.807, 2.05) is 36.4 Å². The van der Waals surface area contributed by atoms with Crippen LogP contribution < -0.4 is 5.32 Å². The van der Waals surface area contributed by atoms with Crippen LogP contribution in [0.4, 0.5) is 5.69 Å². The van der Waals surface area contributed by atoms with Crippen molar-refractivity contribution in [3.63, 3.8) is 0 Å². The molecular formula is C25H16N2O3S. The summed E-state index contributed by atoms with van der Waals surface area (Å²) >= 11 is 1.31. The maximum atomic E-state index is 13.0. The maximum Gasteiger partial charge on any atom is 0.234 e. The number of hydrogen-bond donors (Lipinski definition) is 1. The number of fused-ring (bicyclic) bond motifs is 3. The number of benzene rings is 3. The van der Waals surface area contributed by atoms with Crippen molar-refractivity contribution in [2.75, 3.05) is 11.1 Å². The van der Waals surface area contributed by atoms with Crippen LogP contribution in [0.2, 0.25) is 0 Å². The minimum Gasteiger partial charge on any atom is -0.325 e. The molecule has 1 amide bonds. The van der Waals surface area contributed by atoms with E-state index in [0.29, 0.717) is 22.4 Å². The summed E-state index contributed by atoms with van der Waals surface area (Å²) in [4.78, 5) is 43.0. The lowest BCUT2D eigenvalue weighted by Gasteiger charge is -2.20. The monoisotopic (exact) mass is 424 g/mol. The summed E-state index contributed by atoms with van der Waals surface area (Å²) in [6.45, 7) is 0. The number of carbonyl (C=O) groups excluding carboxylic acids is 3. The maximum absolute atomic E-state index is 13.0. The minimum absolute atomic E-state index is 0.133. The third kappa shape index (κ3) is 3.51. The molecule has 0 radical (unpaired) electrons. The van der Waals surface area contributed by atoms with Crippen LogP contribution in [0.15, 0.2) is 83.9 Å². The van der Waals surface area contributed by atoms with Gasteiger partial charge >= 0.3 is 0 Å². The van der Waals surface area contributed by atoms with Crippen molar-refractivity contribution in [1.82, 2.24) is 4.98 Å². The third-order valence-corrected chi connectivity index (χ3v) is 6.08. The summed E-state index contributed by atoms with van der Waals surface area (Å²) in [6.07, 6.45) is 0. The number of pyridine rings is 1. The normalized spacial score (nSPS) is 12.4. The number of hydrogen-bond acceptors (Lipinski definition) is 5. The van der Waals surface area contributed by atoms with Crippen molar-refractivity contribution in [3.05, 3.63) is 101 Å². The summed E-state index contributed by atoms with van der Waals surface area (Å²) in [5.74, 6) is -0.610. The lowest BCUT2D eigenvalue weighted by molar-refractivity contribution is -0.113. The molecule has 0 aliphatic heterocycles. The second-order valence-electron chi connectivity index (χ2n) is 7.11. The SMILES string of the molecule is O=C(CSc1ccc2ccccc2n1)Nc1cccc2c1C(=O)c1ccccc1C2=O. The first-order chi connectivity index (χ1) is 15.1. The van der Waals surface area contributed by atoms with E-state index in [9.17, 15) is 14.4 Å². The summed E-state index contributed by atoms with van der Waals surface area (Å²) < 4.78 is 0. The third-order valence-electron chi connectivity index (χ3n) is 5.15. The van der Waals surface area contributed by atoms with Gasteiger partial charge in [-0.2, -0.15) is 0 Å². The largest absolute Gasteiger partial charge is 0.325 e. The van der Waals surface area contributed by atoms with E-state index in [-0.39, 0.29) is 28.8 Å². The number of amides is 1. The molecule has 0 unspecified atom stereocenters. The summed E-state index contributed by atoms with van der Waals surface area (Å²) in [5.41, 5.74) is 2.52. The molecule has 1 aliphatic rings. The van der Waals surface area contributed by atoms with E-state index >= 15 is 0 Å². The first-order valence-corrected chi connectivity index (χ1v) is 10.7. The van der Waals surface area contributed by atoms with Gasteiger partial charge in [-0.15, -0.1) is 0 Å². The van der Waals surface area contributed by atoms with Gasteiger partial charge in [0.15, 0.2) is 11.6 Å². The predicted octanol–water partition coefficient (Wildman–Crippen LogP) is 4.74. The molecule has 0 saturated heterocycles. The molecule has 31 heavy (non-hydrogen) atoms. The molecule has 0 saturated carbocycles. The van der Waals surface area contributed by atoms with Gasteiger partial charge in [0, 0.05) is 22.1 Å². The van der Waals surface area contributed by atoms with Gasteiger partial charge in [-0.25, -0.2) is 4.98 Å². The van der Waals surface area contributed by atoms with Crippen LogP contribution >= 0.6 is 11.8 Å². The Morgan fingerprint density at radius 3 is 2.32 bits per heavy atom. The van der Waals surface area contributed by atoms with Crippen LogP contribution in [-0.2, 0) is 4.79 Å². The highest BCUT2D eigenvalue weighted by Crippen LogP contribution is 2.32. The number of nitrogens with zero attached hydrogens (tertiary/aromatic N) is 1. The summed E-state index contributed by atoms with van der Waals surface area (Å²) in [5, 5.41) is 4.58. The Labute approximate surface area is 182 Å². The molecule has 1 heterocycles. The van der Waals surface area contributed by atoms with E-state index in [0.717, 1.165) is 15.9 Å². The van der Waals surface area contributed by atoms with Crippen LogP contribution in [0.1, 0.15) is 31.8 Å². The Balaban J connectivity index is 1.36. The molecule has 1 aliphatic carbocycles. The summed E-state index contributed by atoms with van der Waals surface area (Å²) in [7, 11) is 0. The van der Waals surface area contributed by atoms with Crippen LogP contribution in [0.25, 0.3) is 10.9 Å². The smallest absolute Gasteiger partial charge is 0.234 e. The first-order valence-electron chi connectivity index (χ1n) is 9.72. The van der Waals surface area contributed by atoms with E-state index in [2.05, 4.69) is 10.3 Å². The van der Waals surface area contributed by atoms with Gasteiger partial charge in [-0.1, -0.05) is 72.4 Å². The van der Waals surface area contributed by atoms with Gasteiger partial charge in [0.25, 0.3) is 0 Å². The lowest BCUT2D eigenvalue weighted by atomic mass is 9.83. The second-order valence-corrected chi connectivity index (χ2v) is 8.11. The van der Waals surface area contributed by atoms with E-state index in [4.69, 9.17) is 0 Å². The molecule has 3 aromatic carbocycles. The lowest BCUT2D eigenvalue weighted by Crippen LogP contribution is -2.24. The van der Waals surface area contributed by atoms with E-state index < -0.39 is 0 Å². The quantitative estimate of drug-likeness (QED) is 0.422. The molecule has 0 atom stereocenters. The molecule has 5 rings (SSSR count). The van der Waals surface area contributed by atoms with Crippen molar-refractivity contribution in [1.29, 1.82) is 0 Å². The predicted molar refractivity (Wildman–Crippen MR) is 121 cm³/mol. The molecule has 0 bridgehead atoms. The van der Waals surface area contributed by atoms with Crippen molar-refractivity contribution < 1.29 is 14.4 Å². The molecular weight excluding hydrogens is 408 g/mol. The average molecular weight is 424 g/mol. The zero-order valence-electron chi connectivity index (χ0n) is 16.3. The highest BCUT2D eigenvalue weighted by molar-refractivity contribution is 7.99. The Bertz CT molecular complexity index is 1380. The first kappa shape index (κ1) is 19.2. The van der Waals surface area contributed by atoms with E-state index in [1.54, 1.807) is 42.5 Å². The fourth-order valence-corrected chi connectivity index (χ4v) is 4.38. The standard InChI is InChI=1S/C25H16N2O3S/c28-21(14-31-22-13-12-15-6-1-4-10-19(15)27-22)26-20-11-5-9-18-23(20)25(30)17-8-3-2-7-16(17)24(18)29/h1-13H,14H2,(H,26,28). The van der Waals surface area contributed by atoms with Gasteiger partial charge in [0.2, 0.25) is 5.91 Å². The average Bonchev–Trinajstić information content (AvgIpc) is 2.81. The highest BCUT2D eigenvalue weighted by atomic mass is 32.2. The zero-order chi connectivity index (χ0) is 21.4. The number of aromatic nitrogens is 1. The van der Waals surface area contributed by atoms with Gasteiger partial charge in [-0.05, 0) is 18.2 Å². The minimum atomic E-state index is -0.271. The van der Waals surface area contributed by atoms with Crippen molar-refractivity contribution in [2.24, 2.45) is 0 Å². The number of thioether (sulfide) groups is 1. The van der Waals surface area contributed by atoms with Crippen LogP contribution in [0.5, 0.6) is 0 Å². The molecule has 4 aromatic rings. The van der Waals surface area contributed by atoms with Gasteiger partial charge in [-0.3, -0.25) is 14.4 Å². The topological polar surface area (TPSA) is 76.1 Å². The highest BCUT2D eigenvalue weighted by Gasteiger charge is 2.31. The van der Waals surface area contributed by atoms with Crippen molar-refractivity contribution in [2.45, 2.75) is 5.03 Å². The molecule has 150 valence electrons. The zero-order valence-corrected chi connectivity index (χ0v) is 17.1.